The number of halogens is 3. The fourth-order valence-electron chi connectivity index (χ4n) is 3.63. The van der Waals surface area contributed by atoms with E-state index in [1.807, 2.05) is 43.0 Å². The van der Waals surface area contributed by atoms with E-state index in [9.17, 15) is 13.2 Å². The van der Waals surface area contributed by atoms with Crippen LogP contribution in [0.15, 0.2) is 76.5 Å². The van der Waals surface area contributed by atoms with Crippen molar-refractivity contribution in [2.75, 3.05) is 20.2 Å². The van der Waals surface area contributed by atoms with Gasteiger partial charge in [0.25, 0.3) is 0 Å². The fourth-order valence-corrected chi connectivity index (χ4v) is 3.63. The Morgan fingerprint density at radius 2 is 2.03 bits per heavy atom. The molecule has 0 bridgehead atoms. The zero-order valence-electron chi connectivity index (χ0n) is 19.7. The number of hydrogen-bond acceptors (Lipinski definition) is 6. The van der Waals surface area contributed by atoms with Crippen LogP contribution in [0.2, 0.25) is 0 Å². The average Bonchev–Trinajstić information content (AvgIpc) is 2.81. The summed E-state index contributed by atoms with van der Waals surface area (Å²) in [5, 5.41) is 10.1. The Morgan fingerprint density at radius 3 is 2.56 bits per heavy atom. The van der Waals surface area contributed by atoms with E-state index in [0.29, 0.717) is 24.4 Å². The molecule has 4 N–H and O–H groups in total. The van der Waals surface area contributed by atoms with Gasteiger partial charge in [-0.15, -0.1) is 0 Å². The molecule has 184 valence electrons. The lowest BCUT2D eigenvalue weighted by molar-refractivity contribution is -0.123. The smallest absolute Gasteiger partial charge is 0.405 e. The number of methoxy groups -OCH3 is 1. The third-order valence-corrected chi connectivity index (χ3v) is 5.48. The van der Waals surface area contributed by atoms with Crippen molar-refractivity contribution >= 4 is 12.4 Å². The molecule has 1 atom stereocenters. The van der Waals surface area contributed by atoms with Crippen LogP contribution in [0.5, 0.6) is 5.75 Å². The molecule has 1 aromatic carbocycles. The second-order valence-electron chi connectivity index (χ2n) is 7.83. The number of benzene rings is 1. The monoisotopic (exact) mass is 475 g/mol. The highest BCUT2D eigenvalue weighted by molar-refractivity contribution is 5.84. The van der Waals surface area contributed by atoms with Crippen LogP contribution in [-0.4, -0.2) is 43.7 Å². The Balaban J connectivity index is 2.49. The molecule has 0 saturated carbocycles. The molecule has 1 aliphatic rings. The molecule has 1 unspecified atom stereocenters. The molecule has 1 aromatic rings. The second-order valence-corrected chi connectivity index (χ2v) is 7.83. The summed E-state index contributed by atoms with van der Waals surface area (Å²) in [6.07, 6.45) is 2.74. The van der Waals surface area contributed by atoms with E-state index in [4.69, 9.17) is 15.9 Å². The highest BCUT2D eigenvalue weighted by atomic mass is 19.4. The largest absolute Gasteiger partial charge is 0.497 e. The minimum atomic E-state index is -4.35. The van der Waals surface area contributed by atoms with Gasteiger partial charge in [-0.05, 0) is 42.7 Å². The maximum Gasteiger partial charge on any atom is 0.405 e. The van der Waals surface area contributed by atoms with Crippen LogP contribution in [0, 0.1) is 5.41 Å². The van der Waals surface area contributed by atoms with E-state index in [1.54, 1.807) is 19.4 Å². The Labute approximate surface area is 198 Å². The summed E-state index contributed by atoms with van der Waals surface area (Å²) in [6, 6.07) is 7.57. The van der Waals surface area contributed by atoms with Crippen molar-refractivity contribution in [1.29, 1.82) is 5.41 Å². The molecule has 0 aromatic heterocycles. The SMILES string of the molecule is C=C1C(c2ccc(OC)cc2)C(C)=C(/C=N\C(=C\CCC)NCC(F)(F)F)CN1/C(C=N)=C/N. The lowest BCUT2D eigenvalue weighted by Crippen LogP contribution is -2.34. The Bertz CT molecular complexity index is 991. The zero-order valence-corrected chi connectivity index (χ0v) is 19.7. The molecule has 0 fully saturated rings. The summed E-state index contributed by atoms with van der Waals surface area (Å²) in [5.74, 6) is 0.647. The van der Waals surface area contributed by atoms with E-state index in [2.05, 4.69) is 16.9 Å². The molecule has 6 nitrogen and oxygen atoms in total. The van der Waals surface area contributed by atoms with Crippen LogP contribution in [0.1, 0.15) is 38.2 Å². The number of unbranched alkanes of at least 4 members (excludes halogenated alkanes) is 1. The number of nitrogens with one attached hydrogen (secondary N) is 2. The van der Waals surface area contributed by atoms with Crippen LogP contribution in [0.4, 0.5) is 13.2 Å². The standard InChI is InChI=1S/C25H32F3N5O/c1-5-6-7-23(32-16-25(26,27)28)31-14-20-15-33(21(12-29)13-30)18(3)24(17(20)2)19-8-10-22(34-4)11-9-19/h7-14,24,29,32H,3,5-6,15-16,30H2,1-2,4H3/b21-13+,23-7-,29-12?,31-14-. The molecule has 0 saturated heterocycles. The first-order valence-electron chi connectivity index (χ1n) is 10.9. The van der Waals surface area contributed by atoms with Gasteiger partial charge < -0.3 is 26.1 Å². The topological polar surface area (TPSA) is 86.7 Å². The van der Waals surface area contributed by atoms with Gasteiger partial charge in [0.2, 0.25) is 0 Å². The van der Waals surface area contributed by atoms with Crippen molar-refractivity contribution in [2.45, 2.75) is 38.8 Å². The lowest BCUT2D eigenvalue weighted by atomic mass is 9.83. The van der Waals surface area contributed by atoms with Gasteiger partial charge in [0.05, 0.1) is 12.8 Å². The normalized spacial score (nSPS) is 18.0. The number of hydrogen-bond donors (Lipinski definition) is 3. The third kappa shape index (κ3) is 7.00. The summed E-state index contributed by atoms with van der Waals surface area (Å²) in [7, 11) is 1.59. The highest BCUT2D eigenvalue weighted by Gasteiger charge is 2.31. The highest BCUT2D eigenvalue weighted by Crippen LogP contribution is 2.40. The predicted molar refractivity (Wildman–Crippen MR) is 131 cm³/mol. The minimum Gasteiger partial charge on any atom is -0.497 e. The van der Waals surface area contributed by atoms with Crippen LogP contribution in [0.25, 0.3) is 0 Å². The summed E-state index contributed by atoms with van der Waals surface area (Å²) in [4.78, 5) is 6.16. The molecule has 0 spiro atoms. The van der Waals surface area contributed by atoms with Crippen LogP contribution >= 0.6 is 0 Å². The number of nitrogens with zero attached hydrogens (tertiary/aromatic N) is 2. The Kier molecular flexibility index (Phi) is 9.53. The van der Waals surface area contributed by atoms with E-state index in [1.165, 1.54) is 6.20 Å². The summed E-state index contributed by atoms with van der Waals surface area (Å²) < 4.78 is 43.5. The number of aliphatic imine (C=N–C) groups is 1. The maximum absolute atomic E-state index is 12.7. The van der Waals surface area contributed by atoms with Crippen LogP contribution in [-0.2, 0) is 0 Å². The first-order chi connectivity index (χ1) is 16.1. The van der Waals surface area contributed by atoms with Crippen molar-refractivity contribution in [3.8, 4) is 5.75 Å². The predicted octanol–water partition coefficient (Wildman–Crippen LogP) is 5.24. The zero-order chi connectivity index (χ0) is 25.3. The first kappa shape index (κ1) is 26.8. The van der Waals surface area contributed by atoms with Gasteiger partial charge in [-0.3, -0.25) is 0 Å². The van der Waals surface area contributed by atoms with Crippen molar-refractivity contribution in [2.24, 2.45) is 10.7 Å². The van der Waals surface area contributed by atoms with E-state index in [0.717, 1.165) is 35.0 Å². The molecule has 0 amide bonds. The fraction of sp³-hybridized carbons (Fsp3) is 0.360. The maximum atomic E-state index is 12.7. The van der Waals surface area contributed by atoms with Gasteiger partial charge in [0.1, 0.15) is 18.1 Å². The number of rotatable bonds is 10. The molecule has 2 rings (SSSR count). The number of ether oxygens (including phenoxy) is 1. The Hall–Kier alpha value is -3.49. The molecular weight excluding hydrogens is 443 g/mol. The van der Waals surface area contributed by atoms with Crippen LogP contribution in [0.3, 0.4) is 0 Å². The van der Waals surface area contributed by atoms with E-state index in [-0.39, 0.29) is 11.7 Å². The van der Waals surface area contributed by atoms with Crippen molar-refractivity contribution in [1.82, 2.24) is 10.2 Å². The lowest BCUT2D eigenvalue weighted by Gasteiger charge is -2.38. The summed E-state index contributed by atoms with van der Waals surface area (Å²) in [6.45, 7) is 7.32. The second kappa shape index (κ2) is 12.1. The van der Waals surface area contributed by atoms with Gasteiger partial charge in [-0.2, -0.15) is 13.2 Å². The minimum absolute atomic E-state index is 0.165. The van der Waals surface area contributed by atoms with E-state index >= 15 is 0 Å². The summed E-state index contributed by atoms with van der Waals surface area (Å²) in [5.41, 5.74) is 9.65. The van der Waals surface area contributed by atoms with Gasteiger partial charge in [-0.1, -0.05) is 37.6 Å². The van der Waals surface area contributed by atoms with Gasteiger partial charge in [-0.25, -0.2) is 4.99 Å². The number of allylic oxidation sites excluding steroid dienone is 3. The van der Waals surface area contributed by atoms with Gasteiger partial charge in [0, 0.05) is 36.8 Å². The van der Waals surface area contributed by atoms with Crippen molar-refractivity contribution in [3.05, 3.63) is 77.0 Å². The number of nitrogens with two attached hydrogens (primary N) is 1. The first-order valence-corrected chi connectivity index (χ1v) is 10.9. The van der Waals surface area contributed by atoms with Gasteiger partial charge in [0.15, 0.2) is 0 Å². The van der Waals surface area contributed by atoms with Crippen LogP contribution < -0.4 is 15.8 Å². The van der Waals surface area contributed by atoms with Gasteiger partial charge >= 0.3 is 6.18 Å². The molecule has 0 radical (unpaired) electrons. The quantitative estimate of drug-likeness (QED) is 0.404. The number of alkyl halides is 3. The van der Waals surface area contributed by atoms with E-state index < -0.39 is 12.7 Å². The molecule has 1 heterocycles. The molecule has 1 aliphatic heterocycles. The summed E-state index contributed by atoms with van der Waals surface area (Å²) >= 11 is 0. The third-order valence-electron chi connectivity index (χ3n) is 5.48. The van der Waals surface area contributed by atoms with Crippen molar-refractivity contribution in [3.63, 3.8) is 0 Å². The molecule has 34 heavy (non-hydrogen) atoms. The molecular formula is C25H32F3N5O. The molecule has 9 heteroatoms. The molecule has 0 aliphatic carbocycles. The van der Waals surface area contributed by atoms with Crippen molar-refractivity contribution < 1.29 is 17.9 Å². The average molecular weight is 476 g/mol. The Morgan fingerprint density at radius 1 is 1.35 bits per heavy atom.